The number of carbonyl (C=O) groups is 1. The predicted octanol–water partition coefficient (Wildman–Crippen LogP) is 4.27. The molecular formula is C20H21ClN2O2. The molecule has 1 aromatic heterocycles. The van der Waals surface area contributed by atoms with Gasteiger partial charge in [-0.05, 0) is 48.2 Å². The summed E-state index contributed by atoms with van der Waals surface area (Å²) in [5.41, 5.74) is 1.19. The summed E-state index contributed by atoms with van der Waals surface area (Å²) in [6, 6.07) is 17.5. The summed E-state index contributed by atoms with van der Waals surface area (Å²) in [6.45, 7) is 1.90. The number of hydrogen-bond donors (Lipinski definition) is 1. The van der Waals surface area contributed by atoms with Crippen molar-refractivity contribution in [3.05, 3.63) is 65.8 Å². The zero-order valence-corrected chi connectivity index (χ0v) is 14.7. The van der Waals surface area contributed by atoms with Gasteiger partial charge in [0.15, 0.2) is 0 Å². The van der Waals surface area contributed by atoms with Crippen LogP contribution in [0, 0.1) is 0 Å². The number of fused-ring (bicyclic) bond motifs is 1. The fraction of sp³-hybridized carbons (Fsp3) is 0.250. The van der Waals surface area contributed by atoms with Gasteiger partial charge in [-0.2, -0.15) is 0 Å². The van der Waals surface area contributed by atoms with Gasteiger partial charge in [-0.3, -0.25) is 4.79 Å². The number of aromatic nitrogens is 1. The Morgan fingerprint density at radius 1 is 1.08 bits per heavy atom. The van der Waals surface area contributed by atoms with Crippen molar-refractivity contribution in [3.63, 3.8) is 0 Å². The molecule has 25 heavy (non-hydrogen) atoms. The van der Waals surface area contributed by atoms with Gasteiger partial charge in [0.1, 0.15) is 5.75 Å². The Labute approximate surface area is 152 Å². The first-order chi connectivity index (χ1) is 12.2. The number of benzene rings is 2. The summed E-state index contributed by atoms with van der Waals surface area (Å²) in [6.07, 6.45) is 3.19. The molecule has 0 saturated carbocycles. The van der Waals surface area contributed by atoms with Crippen LogP contribution in [0.5, 0.6) is 5.75 Å². The molecule has 0 atom stereocenters. The Bertz CT molecular complexity index is 827. The number of hydrogen-bond acceptors (Lipinski definition) is 2. The molecule has 2 aromatic carbocycles. The van der Waals surface area contributed by atoms with Gasteiger partial charge < -0.3 is 14.6 Å². The lowest BCUT2D eigenvalue weighted by molar-refractivity contribution is -0.121. The van der Waals surface area contributed by atoms with Crippen molar-refractivity contribution < 1.29 is 9.53 Å². The molecule has 130 valence electrons. The summed E-state index contributed by atoms with van der Waals surface area (Å²) >= 11 is 5.82. The first kappa shape index (κ1) is 17.4. The van der Waals surface area contributed by atoms with E-state index < -0.39 is 0 Å². The Balaban J connectivity index is 1.33. The van der Waals surface area contributed by atoms with Crippen molar-refractivity contribution in [1.82, 2.24) is 9.88 Å². The second-order valence-corrected chi connectivity index (χ2v) is 6.26. The van der Waals surface area contributed by atoms with Crippen LogP contribution >= 0.6 is 11.6 Å². The average Bonchev–Trinajstić information content (AvgIpc) is 3.04. The average molecular weight is 357 g/mol. The van der Waals surface area contributed by atoms with Crippen molar-refractivity contribution in [3.8, 4) is 5.75 Å². The normalized spacial score (nSPS) is 10.8. The molecule has 0 radical (unpaired) electrons. The molecule has 0 bridgehead atoms. The van der Waals surface area contributed by atoms with Crippen LogP contribution in [0.2, 0.25) is 5.02 Å². The molecule has 0 spiro atoms. The molecule has 4 nitrogen and oxygen atoms in total. The maximum Gasteiger partial charge on any atom is 0.220 e. The third-order valence-corrected chi connectivity index (χ3v) is 4.24. The van der Waals surface area contributed by atoms with Crippen LogP contribution in [0.1, 0.15) is 12.8 Å². The Morgan fingerprint density at radius 3 is 2.72 bits per heavy atom. The van der Waals surface area contributed by atoms with E-state index in [2.05, 4.69) is 34.3 Å². The Hall–Kier alpha value is -2.46. The van der Waals surface area contributed by atoms with Gasteiger partial charge in [-0.15, -0.1) is 0 Å². The predicted molar refractivity (Wildman–Crippen MR) is 101 cm³/mol. The highest BCUT2D eigenvalue weighted by Gasteiger charge is 2.03. The summed E-state index contributed by atoms with van der Waals surface area (Å²) in [5, 5.41) is 4.86. The SMILES string of the molecule is O=C(CCCOc1ccc(Cl)cc1)NCCn1ccc2ccccc21. The van der Waals surface area contributed by atoms with E-state index in [0.717, 1.165) is 12.3 Å². The van der Waals surface area contributed by atoms with E-state index in [9.17, 15) is 4.79 Å². The molecule has 0 aliphatic carbocycles. The van der Waals surface area contributed by atoms with E-state index in [1.165, 1.54) is 10.9 Å². The highest BCUT2D eigenvalue weighted by molar-refractivity contribution is 6.30. The number of nitrogens with one attached hydrogen (secondary N) is 1. The zero-order chi connectivity index (χ0) is 17.5. The first-order valence-electron chi connectivity index (χ1n) is 8.41. The number of rotatable bonds is 8. The van der Waals surface area contributed by atoms with Crippen molar-refractivity contribution in [2.75, 3.05) is 13.2 Å². The van der Waals surface area contributed by atoms with Gasteiger partial charge in [0.2, 0.25) is 5.91 Å². The van der Waals surface area contributed by atoms with Crippen LogP contribution in [0.4, 0.5) is 0 Å². The van der Waals surface area contributed by atoms with Gasteiger partial charge in [-0.25, -0.2) is 0 Å². The van der Waals surface area contributed by atoms with Crippen LogP contribution < -0.4 is 10.1 Å². The number of para-hydroxylation sites is 1. The van der Waals surface area contributed by atoms with Crippen molar-refractivity contribution in [2.24, 2.45) is 0 Å². The molecule has 0 saturated heterocycles. The molecule has 1 heterocycles. The zero-order valence-electron chi connectivity index (χ0n) is 14.0. The lowest BCUT2D eigenvalue weighted by atomic mass is 10.2. The first-order valence-corrected chi connectivity index (χ1v) is 8.79. The second-order valence-electron chi connectivity index (χ2n) is 5.82. The molecule has 0 aliphatic rings. The lowest BCUT2D eigenvalue weighted by Crippen LogP contribution is -2.27. The summed E-state index contributed by atoms with van der Waals surface area (Å²) in [5.74, 6) is 0.820. The topological polar surface area (TPSA) is 43.3 Å². The molecule has 0 unspecified atom stereocenters. The van der Waals surface area contributed by atoms with Crippen LogP contribution in [0.25, 0.3) is 10.9 Å². The highest BCUT2D eigenvalue weighted by atomic mass is 35.5. The smallest absolute Gasteiger partial charge is 0.220 e. The van der Waals surface area contributed by atoms with Crippen LogP contribution in [0.3, 0.4) is 0 Å². The molecule has 0 aliphatic heterocycles. The van der Waals surface area contributed by atoms with Crippen molar-refractivity contribution in [1.29, 1.82) is 0 Å². The standard InChI is InChI=1S/C20H21ClN2O2/c21-17-7-9-18(10-8-17)25-15-3-6-20(24)22-12-14-23-13-11-16-4-1-2-5-19(16)23/h1-2,4-5,7-11,13H,3,6,12,14-15H2,(H,22,24). The summed E-state index contributed by atoms with van der Waals surface area (Å²) < 4.78 is 7.73. The van der Waals surface area contributed by atoms with Crippen LogP contribution in [-0.4, -0.2) is 23.6 Å². The van der Waals surface area contributed by atoms with Gasteiger partial charge in [0, 0.05) is 36.2 Å². The van der Waals surface area contributed by atoms with Gasteiger partial charge >= 0.3 is 0 Å². The maximum absolute atomic E-state index is 11.9. The quantitative estimate of drug-likeness (QED) is 0.612. The van der Waals surface area contributed by atoms with E-state index in [1.807, 2.05) is 24.3 Å². The number of halogens is 1. The summed E-state index contributed by atoms with van der Waals surface area (Å²) in [7, 11) is 0. The fourth-order valence-corrected chi connectivity index (χ4v) is 2.82. The largest absolute Gasteiger partial charge is 0.494 e. The summed E-state index contributed by atoms with van der Waals surface area (Å²) in [4.78, 5) is 11.9. The number of ether oxygens (including phenoxy) is 1. The molecule has 1 amide bonds. The van der Waals surface area contributed by atoms with E-state index in [4.69, 9.17) is 16.3 Å². The third-order valence-electron chi connectivity index (χ3n) is 3.99. The maximum atomic E-state index is 11.9. The Morgan fingerprint density at radius 2 is 1.88 bits per heavy atom. The molecule has 3 rings (SSSR count). The minimum atomic E-state index is 0.0520. The lowest BCUT2D eigenvalue weighted by Gasteiger charge is -2.08. The van der Waals surface area contributed by atoms with Crippen LogP contribution in [0.15, 0.2) is 60.8 Å². The monoisotopic (exact) mass is 356 g/mol. The number of carbonyl (C=O) groups excluding carboxylic acids is 1. The van der Waals surface area contributed by atoms with Gasteiger partial charge in [-0.1, -0.05) is 29.8 Å². The van der Waals surface area contributed by atoms with E-state index in [1.54, 1.807) is 12.1 Å². The van der Waals surface area contributed by atoms with Gasteiger partial charge in [0.05, 0.1) is 6.61 Å². The highest BCUT2D eigenvalue weighted by Crippen LogP contribution is 2.16. The Kier molecular flexibility index (Phi) is 5.96. The fourth-order valence-electron chi connectivity index (χ4n) is 2.69. The number of nitrogens with zero attached hydrogens (tertiary/aromatic N) is 1. The molecular weight excluding hydrogens is 336 g/mol. The molecule has 3 aromatic rings. The minimum absolute atomic E-state index is 0.0520. The molecule has 0 fully saturated rings. The van der Waals surface area contributed by atoms with Gasteiger partial charge in [0.25, 0.3) is 0 Å². The molecule has 1 N–H and O–H groups in total. The van der Waals surface area contributed by atoms with E-state index >= 15 is 0 Å². The van der Waals surface area contributed by atoms with E-state index in [-0.39, 0.29) is 5.91 Å². The van der Waals surface area contributed by atoms with E-state index in [0.29, 0.717) is 31.0 Å². The minimum Gasteiger partial charge on any atom is -0.494 e. The van der Waals surface area contributed by atoms with Crippen molar-refractivity contribution >= 4 is 28.4 Å². The van der Waals surface area contributed by atoms with Crippen LogP contribution in [-0.2, 0) is 11.3 Å². The second kappa shape index (κ2) is 8.58. The number of amides is 1. The molecule has 5 heteroatoms. The third kappa shape index (κ3) is 5.00. The van der Waals surface area contributed by atoms with Crippen molar-refractivity contribution in [2.45, 2.75) is 19.4 Å².